The maximum absolute atomic E-state index is 11.3. The maximum atomic E-state index is 11.3. The first-order valence-corrected chi connectivity index (χ1v) is 18.4. The Morgan fingerprint density at radius 3 is 1.09 bits per heavy atom. The maximum Gasteiger partial charge on any atom is 0.187 e. The minimum atomic E-state index is -2.07. The van der Waals surface area contributed by atoms with Crippen LogP contribution in [0.3, 0.4) is 0 Å². The van der Waals surface area contributed by atoms with E-state index in [1.807, 2.05) is 0 Å². The molecular weight excluding hydrogens is 800 g/mol. The monoisotopic (exact) mass is 856 g/mol. The van der Waals surface area contributed by atoms with Gasteiger partial charge in [0.2, 0.25) is 0 Å². The summed E-state index contributed by atoms with van der Waals surface area (Å²) in [6.45, 7) is -4.05. The summed E-state index contributed by atoms with van der Waals surface area (Å²) >= 11 is 0. The van der Waals surface area contributed by atoms with Gasteiger partial charge in [0.1, 0.15) is 122 Å². The molecule has 0 radical (unpaired) electrons. The van der Waals surface area contributed by atoms with Crippen LogP contribution in [0.2, 0.25) is 0 Å². The summed E-state index contributed by atoms with van der Waals surface area (Å²) in [4.78, 5) is 0. The molecule has 0 aromatic heterocycles. The van der Waals surface area contributed by atoms with Gasteiger partial charge in [-0.2, -0.15) is 0 Å². The van der Waals surface area contributed by atoms with Crippen molar-refractivity contribution >= 4 is 0 Å². The molecule has 25 atom stereocenters. The highest BCUT2D eigenvalue weighted by molar-refractivity contribution is 4.98. The SMILES string of the molecule is CO[C@@H]1OC(CO)[C@@H](O)[C@H](O[C@@H]2OC(CO[C@@H]3OC(CO)[C@@H](O)[C@H](O[C@@H]4OC(CO)[C@@H](O)[C@H](O[C@@H]5OC(CO)[C@@H](O)[C@H](O)C5O)C4O)C3O)[C@@H](O)[C@H](OC)C2O)C1O. The Balaban J connectivity index is 1.29. The Bertz CT molecular complexity index is 1220. The predicted octanol–water partition coefficient (Wildman–Crippen LogP) is -10.6. The molecule has 0 aliphatic carbocycles. The number of hydrogen-bond donors (Lipinski definition) is 15. The second-order valence-corrected chi connectivity index (χ2v) is 14.4. The molecule has 26 nitrogen and oxygen atoms in total. The van der Waals surface area contributed by atoms with Crippen LogP contribution in [-0.2, 0) is 52.1 Å². The van der Waals surface area contributed by atoms with Crippen LogP contribution < -0.4 is 0 Å². The molecule has 5 fully saturated rings. The van der Waals surface area contributed by atoms with Crippen LogP contribution in [0.5, 0.6) is 0 Å². The fraction of sp³-hybridized carbons (Fsp3) is 1.00. The lowest BCUT2D eigenvalue weighted by atomic mass is 9.96. The lowest BCUT2D eigenvalue weighted by molar-refractivity contribution is -0.384. The van der Waals surface area contributed by atoms with Crippen molar-refractivity contribution in [2.45, 2.75) is 154 Å². The zero-order valence-electron chi connectivity index (χ0n) is 31.2. The smallest absolute Gasteiger partial charge is 0.187 e. The number of methoxy groups -OCH3 is 2. The third-order valence-corrected chi connectivity index (χ3v) is 10.8. The van der Waals surface area contributed by atoms with Gasteiger partial charge in [0.15, 0.2) is 31.5 Å². The molecule has 15 N–H and O–H groups in total. The summed E-state index contributed by atoms with van der Waals surface area (Å²) in [6.07, 6.45) is -43.0. The molecular formula is C32H56O26. The summed E-state index contributed by atoms with van der Waals surface area (Å²) in [5.74, 6) is 0. The summed E-state index contributed by atoms with van der Waals surface area (Å²) in [5.41, 5.74) is 0. The fourth-order valence-corrected chi connectivity index (χ4v) is 7.35. The van der Waals surface area contributed by atoms with Crippen molar-refractivity contribution in [3.05, 3.63) is 0 Å². The van der Waals surface area contributed by atoms with Gasteiger partial charge in [-0.25, -0.2) is 0 Å². The number of ether oxygens (including phenoxy) is 11. The Labute approximate surface area is 329 Å². The van der Waals surface area contributed by atoms with Gasteiger partial charge in [-0.15, -0.1) is 0 Å². The number of rotatable bonds is 15. The van der Waals surface area contributed by atoms with Crippen molar-refractivity contribution in [3.8, 4) is 0 Å². The van der Waals surface area contributed by atoms with Gasteiger partial charge in [-0.3, -0.25) is 0 Å². The van der Waals surface area contributed by atoms with Crippen LogP contribution in [0, 0.1) is 0 Å². The zero-order valence-corrected chi connectivity index (χ0v) is 31.2. The molecule has 0 spiro atoms. The zero-order chi connectivity index (χ0) is 42.7. The first kappa shape index (κ1) is 48.0. The predicted molar refractivity (Wildman–Crippen MR) is 176 cm³/mol. The Morgan fingerprint density at radius 2 is 0.655 bits per heavy atom. The lowest BCUT2D eigenvalue weighted by Gasteiger charge is -2.48. The summed E-state index contributed by atoms with van der Waals surface area (Å²) in [5, 5.41) is 158. The minimum Gasteiger partial charge on any atom is -0.394 e. The van der Waals surface area contributed by atoms with Gasteiger partial charge in [-0.05, 0) is 0 Å². The summed E-state index contributed by atoms with van der Waals surface area (Å²) in [7, 11) is 2.33. The van der Waals surface area contributed by atoms with E-state index in [0.29, 0.717) is 0 Å². The molecule has 0 aromatic carbocycles. The molecule has 5 rings (SSSR count). The summed E-state index contributed by atoms with van der Waals surface area (Å²) < 4.78 is 60.4. The molecule has 340 valence electrons. The van der Waals surface area contributed by atoms with E-state index >= 15 is 0 Å². The second kappa shape index (κ2) is 20.9. The van der Waals surface area contributed by atoms with Gasteiger partial charge in [0.05, 0.1) is 33.0 Å². The van der Waals surface area contributed by atoms with Gasteiger partial charge < -0.3 is 129 Å². The third-order valence-electron chi connectivity index (χ3n) is 10.8. The van der Waals surface area contributed by atoms with Crippen LogP contribution in [0.1, 0.15) is 0 Å². The van der Waals surface area contributed by atoms with E-state index in [9.17, 15) is 76.6 Å². The molecule has 0 bridgehead atoms. The number of hydrogen-bond acceptors (Lipinski definition) is 26. The van der Waals surface area contributed by atoms with Gasteiger partial charge >= 0.3 is 0 Å². The molecule has 5 aliphatic rings. The van der Waals surface area contributed by atoms with E-state index in [4.69, 9.17) is 52.1 Å². The average molecular weight is 857 g/mol. The lowest BCUT2D eigenvalue weighted by Crippen LogP contribution is -2.67. The highest BCUT2D eigenvalue weighted by Crippen LogP contribution is 2.34. The Kier molecular flexibility index (Phi) is 17.3. The van der Waals surface area contributed by atoms with Crippen molar-refractivity contribution in [1.82, 2.24) is 0 Å². The largest absolute Gasteiger partial charge is 0.394 e. The van der Waals surface area contributed by atoms with Gasteiger partial charge in [0, 0.05) is 14.2 Å². The van der Waals surface area contributed by atoms with Crippen LogP contribution in [-0.4, -0.2) is 277 Å². The molecule has 5 heterocycles. The van der Waals surface area contributed by atoms with E-state index in [1.54, 1.807) is 0 Å². The van der Waals surface area contributed by atoms with E-state index in [2.05, 4.69) is 0 Å². The fourth-order valence-electron chi connectivity index (χ4n) is 7.35. The van der Waals surface area contributed by atoms with E-state index in [1.165, 1.54) is 7.11 Å². The van der Waals surface area contributed by atoms with Gasteiger partial charge in [0.25, 0.3) is 0 Å². The summed E-state index contributed by atoms with van der Waals surface area (Å²) in [6, 6.07) is 0. The number of aliphatic hydroxyl groups is 15. The average Bonchev–Trinajstić information content (AvgIpc) is 3.21. The molecule has 0 saturated carbocycles. The molecule has 26 heteroatoms. The molecule has 0 amide bonds. The number of aliphatic hydroxyl groups excluding tert-OH is 15. The van der Waals surface area contributed by atoms with Crippen LogP contribution in [0.25, 0.3) is 0 Å². The normalized spacial score (nSPS) is 51.8. The molecule has 0 aromatic rings. The van der Waals surface area contributed by atoms with Crippen molar-refractivity contribution in [1.29, 1.82) is 0 Å². The first-order valence-electron chi connectivity index (χ1n) is 18.4. The van der Waals surface area contributed by atoms with E-state index < -0.39 is 187 Å². The molecule has 5 saturated heterocycles. The standard InChI is InChI=1S/C32H56O26/c1-48-24-17(41)12(55-31(20(24)44)57-25-14(38)9(4-34)51-28(49-2)21(25)45)7-50-29-22(46)26(15(39)10(5-35)52-29)58-32-23(47)27(16(40)11(6-36)54-32)56-30-19(43)18(42)13(37)8(3-33)53-30/h8-47H,3-7H2,1-2H3/t8?,9?,10?,11?,12?,13-,14-,15-,16-,17-,18+,19?,20?,21?,22?,23?,24+,25+,26+,27+,28-,29-,30+,31+,32+/m1/s1. The quantitative estimate of drug-likeness (QED) is 0.0727. The van der Waals surface area contributed by atoms with E-state index in [0.717, 1.165) is 7.11 Å². The topological polar surface area (TPSA) is 405 Å². The van der Waals surface area contributed by atoms with Gasteiger partial charge in [-0.1, -0.05) is 0 Å². The third kappa shape index (κ3) is 9.77. The molecule has 10 unspecified atom stereocenters. The van der Waals surface area contributed by atoms with Crippen molar-refractivity contribution in [3.63, 3.8) is 0 Å². The van der Waals surface area contributed by atoms with Crippen LogP contribution >= 0.6 is 0 Å². The Morgan fingerprint density at radius 1 is 0.328 bits per heavy atom. The first-order chi connectivity index (χ1) is 27.6. The van der Waals surface area contributed by atoms with Crippen LogP contribution in [0.4, 0.5) is 0 Å². The van der Waals surface area contributed by atoms with Crippen molar-refractivity contribution in [2.75, 3.05) is 47.3 Å². The molecule has 58 heavy (non-hydrogen) atoms. The van der Waals surface area contributed by atoms with E-state index in [-0.39, 0.29) is 0 Å². The highest BCUT2D eigenvalue weighted by atomic mass is 16.8. The van der Waals surface area contributed by atoms with Crippen molar-refractivity contribution < 1.29 is 129 Å². The minimum absolute atomic E-state index is 0.703. The van der Waals surface area contributed by atoms with Crippen molar-refractivity contribution in [2.24, 2.45) is 0 Å². The van der Waals surface area contributed by atoms with Crippen LogP contribution in [0.15, 0.2) is 0 Å². The Hall–Kier alpha value is -1.04. The highest BCUT2D eigenvalue weighted by Gasteiger charge is 2.55. The molecule has 5 aliphatic heterocycles. The second-order valence-electron chi connectivity index (χ2n) is 14.4.